The van der Waals surface area contributed by atoms with Crippen LogP contribution in [0.2, 0.25) is 0 Å². The molecule has 0 N–H and O–H groups in total. The number of Topliss-reactive ketones (excluding diaryl/α,β-unsaturated/α-hetero) is 1. The first-order valence-electron chi connectivity index (χ1n) is 4.69. The number of ether oxygens (including phenoxy) is 1. The van der Waals surface area contributed by atoms with Gasteiger partial charge in [0.2, 0.25) is 0 Å². The second kappa shape index (κ2) is 5.08. The lowest BCUT2D eigenvalue weighted by atomic mass is 10.0. The van der Waals surface area contributed by atoms with Crippen LogP contribution in [0.1, 0.15) is 28.4 Å². The van der Waals surface area contributed by atoms with Gasteiger partial charge in [0.05, 0.1) is 24.3 Å². The number of ketones is 1. The lowest BCUT2D eigenvalue weighted by molar-refractivity contribution is -0.116. The highest BCUT2D eigenvalue weighted by Crippen LogP contribution is 2.13. The standard InChI is InChI=1S/C12H11NO3/c1-8(14)5-11-6-9(12(15)16-2)3-4-10(11)7-13/h3-4,6H,5H2,1-2H3. The number of carbonyl (C=O) groups is 2. The topological polar surface area (TPSA) is 67.2 Å². The van der Waals surface area contributed by atoms with Gasteiger partial charge < -0.3 is 4.74 Å². The molecule has 0 atom stereocenters. The van der Waals surface area contributed by atoms with Crippen molar-refractivity contribution in [3.8, 4) is 6.07 Å². The summed E-state index contributed by atoms with van der Waals surface area (Å²) in [5.41, 5.74) is 1.30. The summed E-state index contributed by atoms with van der Waals surface area (Å²) >= 11 is 0. The van der Waals surface area contributed by atoms with Crippen LogP contribution in [-0.4, -0.2) is 18.9 Å². The van der Waals surface area contributed by atoms with Crippen LogP contribution in [0, 0.1) is 11.3 Å². The maximum atomic E-state index is 11.3. The molecule has 16 heavy (non-hydrogen) atoms. The molecule has 4 heteroatoms. The average Bonchev–Trinajstić information content (AvgIpc) is 2.27. The zero-order chi connectivity index (χ0) is 12.1. The van der Waals surface area contributed by atoms with Crippen LogP contribution in [0.25, 0.3) is 0 Å². The smallest absolute Gasteiger partial charge is 0.337 e. The molecular formula is C12H11NO3. The Bertz CT molecular complexity index is 472. The van der Waals surface area contributed by atoms with Crippen molar-refractivity contribution in [2.75, 3.05) is 7.11 Å². The fourth-order valence-corrected chi connectivity index (χ4v) is 1.36. The van der Waals surface area contributed by atoms with Gasteiger partial charge in [0.25, 0.3) is 0 Å². The number of nitriles is 1. The molecule has 1 aromatic rings. The number of hydrogen-bond donors (Lipinski definition) is 0. The fourth-order valence-electron chi connectivity index (χ4n) is 1.36. The number of esters is 1. The SMILES string of the molecule is COC(=O)c1ccc(C#N)c(CC(C)=O)c1. The van der Waals surface area contributed by atoms with Gasteiger partial charge in [-0.05, 0) is 30.7 Å². The molecule has 0 bridgehead atoms. The van der Waals surface area contributed by atoms with E-state index < -0.39 is 5.97 Å². The van der Waals surface area contributed by atoms with Crippen LogP contribution in [-0.2, 0) is 16.0 Å². The van der Waals surface area contributed by atoms with E-state index in [1.807, 2.05) is 6.07 Å². The number of methoxy groups -OCH3 is 1. The lowest BCUT2D eigenvalue weighted by Gasteiger charge is -2.04. The van der Waals surface area contributed by atoms with E-state index in [4.69, 9.17) is 5.26 Å². The summed E-state index contributed by atoms with van der Waals surface area (Å²) in [5, 5.41) is 8.84. The lowest BCUT2D eigenvalue weighted by Crippen LogP contribution is -2.05. The minimum Gasteiger partial charge on any atom is -0.465 e. The van der Waals surface area contributed by atoms with E-state index in [1.165, 1.54) is 32.2 Å². The molecular weight excluding hydrogens is 206 g/mol. The Morgan fingerprint density at radius 1 is 1.44 bits per heavy atom. The van der Waals surface area contributed by atoms with Crippen molar-refractivity contribution in [3.05, 3.63) is 34.9 Å². The zero-order valence-corrected chi connectivity index (χ0v) is 9.11. The van der Waals surface area contributed by atoms with E-state index in [0.717, 1.165) is 0 Å². The van der Waals surface area contributed by atoms with Gasteiger partial charge in [-0.1, -0.05) is 0 Å². The molecule has 0 saturated carbocycles. The Labute approximate surface area is 93.5 Å². The molecule has 1 aromatic carbocycles. The average molecular weight is 217 g/mol. The van der Waals surface area contributed by atoms with Crippen molar-refractivity contribution in [2.45, 2.75) is 13.3 Å². The van der Waals surface area contributed by atoms with Crippen molar-refractivity contribution in [1.82, 2.24) is 0 Å². The molecule has 0 radical (unpaired) electrons. The van der Waals surface area contributed by atoms with Gasteiger partial charge in [-0.3, -0.25) is 4.79 Å². The summed E-state index contributed by atoms with van der Waals surface area (Å²) < 4.78 is 4.56. The van der Waals surface area contributed by atoms with Crippen LogP contribution in [0.15, 0.2) is 18.2 Å². The highest BCUT2D eigenvalue weighted by Gasteiger charge is 2.10. The Hall–Kier alpha value is -2.15. The monoisotopic (exact) mass is 217 g/mol. The Balaban J connectivity index is 3.17. The van der Waals surface area contributed by atoms with Crippen LogP contribution in [0.3, 0.4) is 0 Å². The van der Waals surface area contributed by atoms with Crippen LogP contribution in [0.4, 0.5) is 0 Å². The van der Waals surface area contributed by atoms with E-state index in [-0.39, 0.29) is 12.2 Å². The molecule has 0 aliphatic heterocycles. The minimum absolute atomic E-state index is 0.0569. The number of hydrogen-bond acceptors (Lipinski definition) is 4. The van der Waals surface area contributed by atoms with Gasteiger partial charge in [-0.2, -0.15) is 5.26 Å². The quantitative estimate of drug-likeness (QED) is 0.719. The molecule has 0 aromatic heterocycles. The third kappa shape index (κ3) is 2.67. The van der Waals surface area contributed by atoms with Crippen molar-refractivity contribution < 1.29 is 14.3 Å². The first-order chi connectivity index (χ1) is 7.58. The summed E-state index contributed by atoms with van der Waals surface area (Å²) in [5.74, 6) is -0.534. The van der Waals surface area contributed by atoms with Crippen LogP contribution >= 0.6 is 0 Å². The Kier molecular flexibility index (Phi) is 3.78. The summed E-state index contributed by atoms with van der Waals surface area (Å²) in [6.07, 6.45) is 0.147. The third-order valence-corrected chi connectivity index (χ3v) is 2.09. The second-order valence-corrected chi connectivity index (χ2v) is 3.35. The molecule has 0 aliphatic rings. The summed E-state index contributed by atoms with van der Waals surface area (Å²) in [4.78, 5) is 22.3. The molecule has 4 nitrogen and oxygen atoms in total. The molecule has 0 saturated heterocycles. The zero-order valence-electron chi connectivity index (χ0n) is 9.11. The molecule has 0 spiro atoms. The van der Waals surface area contributed by atoms with Gasteiger partial charge in [0.15, 0.2) is 0 Å². The number of nitrogens with zero attached hydrogens (tertiary/aromatic N) is 1. The maximum Gasteiger partial charge on any atom is 0.337 e. The number of rotatable bonds is 3. The summed E-state index contributed by atoms with van der Waals surface area (Å²) in [6, 6.07) is 6.53. The van der Waals surface area contributed by atoms with E-state index in [1.54, 1.807) is 0 Å². The predicted octanol–water partition coefficient (Wildman–Crippen LogP) is 1.48. The third-order valence-electron chi connectivity index (χ3n) is 2.09. The molecule has 0 fully saturated rings. The van der Waals surface area contributed by atoms with Gasteiger partial charge in [0, 0.05) is 6.42 Å². The molecule has 82 valence electrons. The second-order valence-electron chi connectivity index (χ2n) is 3.35. The molecule has 1 rings (SSSR count). The first-order valence-corrected chi connectivity index (χ1v) is 4.69. The van der Waals surface area contributed by atoms with Crippen LogP contribution < -0.4 is 0 Å². The number of benzene rings is 1. The van der Waals surface area contributed by atoms with Crippen molar-refractivity contribution in [1.29, 1.82) is 5.26 Å². The Morgan fingerprint density at radius 2 is 2.12 bits per heavy atom. The predicted molar refractivity (Wildman–Crippen MR) is 56.9 cm³/mol. The van der Waals surface area contributed by atoms with Crippen molar-refractivity contribution in [3.63, 3.8) is 0 Å². The molecule has 0 unspecified atom stereocenters. The van der Waals surface area contributed by atoms with E-state index in [9.17, 15) is 9.59 Å². The molecule has 0 aliphatic carbocycles. The minimum atomic E-state index is -0.478. The van der Waals surface area contributed by atoms with Gasteiger partial charge in [-0.25, -0.2) is 4.79 Å². The van der Waals surface area contributed by atoms with Gasteiger partial charge in [-0.15, -0.1) is 0 Å². The van der Waals surface area contributed by atoms with Gasteiger partial charge in [0.1, 0.15) is 5.78 Å². The highest BCUT2D eigenvalue weighted by atomic mass is 16.5. The van der Waals surface area contributed by atoms with Crippen molar-refractivity contribution in [2.24, 2.45) is 0 Å². The summed E-state index contributed by atoms with van der Waals surface area (Å²) in [7, 11) is 1.28. The molecule has 0 heterocycles. The largest absolute Gasteiger partial charge is 0.465 e. The Morgan fingerprint density at radius 3 is 2.62 bits per heavy atom. The first kappa shape index (κ1) is 11.9. The van der Waals surface area contributed by atoms with E-state index in [0.29, 0.717) is 16.7 Å². The van der Waals surface area contributed by atoms with Gasteiger partial charge >= 0.3 is 5.97 Å². The fraction of sp³-hybridized carbons (Fsp3) is 0.250. The van der Waals surface area contributed by atoms with E-state index in [2.05, 4.69) is 4.74 Å². The van der Waals surface area contributed by atoms with E-state index >= 15 is 0 Å². The molecule has 0 amide bonds. The normalized spacial score (nSPS) is 9.31. The maximum absolute atomic E-state index is 11.3. The summed E-state index contributed by atoms with van der Waals surface area (Å²) in [6.45, 7) is 1.44. The van der Waals surface area contributed by atoms with Crippen molar-refractivity contribution >= 4 is 11.8 Å². The number of carbonyl (C=O) groups excluding carboxylic acids is 2. The van der Waals surface area contributed by atoms with Crippen LogP contribution in [0.5, 0.6) is 0 Å². The highest BCUT2D eigenvalue weighted by molar-refractivity contribution is 5.90.